The number of hydrogen-bond donors (Lipinski definition) is 1. The number of halogens is 1. The molecule has 0 bridgehead atoms. The first-order valence-electron chi connectivity index (χ1n) is 9.44. The first-order chi connectivity index (χ1) is 14.1. The molecular formula is C23H20BrN3O2. The number of benzene rings is 2. The highest BCUT2D eigenvalue weighted by atomic mass is 79.9. The summed E-state index contributed by atoms with van der Waals surface area (Å²) in [4.78, 5) is 31.8. The van der Waals surface area contributed by atoms with E-state index in [1.165, 1.54) is 0 Å². The van der Waals surface area contributed by atoms with Crippen molar-refractivity contribution in [3.05, 3.63) is 94.7 Å². The molecule has 29 heavy (non-hydrogen) atoms. The van der Waals surface area contributed by atoms with E-state index in [9.17, 15) is 9.59 Å². The van der Waals surface area contributed by atoms with E-state index in [0.717, 1.165) is 21.4 Å². The number of amides is 2. The second-order valence-corrected chi connectivity index (χ2v) is 7.82. The van der Waals surface area contributed by atoms with Crippen molar-refractivity contribution in [3.8, 4) is 0 Å². The molecule has 6 heteroatoms. The van der Waals surface area contributed by atoms with Gasteiger partial charge < -0.3 is 10.2 Å². The molecule has 0 spiro atoms. The van der Waals surface area contributed by atoms with E-state index in [2.05, 4.69) is 26.2 Å². The van der Waals surface area contributed by atoms with Gasteiger partial charge in [0.2, 0.25) is 11.8 Å². The largest absolute Gasteiger partial charge is 0.343 e. The number of nitrogens with one attached hydrogen (secondary N) is 1. The number of hydrogen-bond acceptors (Lipinski definition) is 3. The smallest absolute Gasteiger partial charge is 0.227 e. The number of para-hydroxylation sites is 1. The van der Waals surface area contributed by atoms with E-state index >= 15 is 0 Å². The van der Waals surface area contributed by atoms with Crippen molar-refractivity contribution in [2.75, 3.05) is 11.4 Å². The van der Waals surface area contributed by atoms with E-state index < -0.39 is 5.92 Å². The SMILES string of the molecule is O=C(N[C@@H](c1ccccc1)c1ccccn1)[C@@H]1CC(=O)N(c2ccccc2Br)C1. The van der Waals surface area contributed by atoms with E-state index in [0.29, 0.717) is 6.54 Å². The molecule has 0 aliphatic carbocycles. The van der Waals surface area contributed by atoms with Gasteiger partial charge in [-0.25, -0.2) is 0 Å². The minimum atomic E-state index is -0.412. The number of carbonyl (C=O) groups excluding carboxylic acids is 2. The highest BCUT2D eigenvalue weighted by Gasteiger charge is 2.36. The minimum Gasteiger partial charge on any atom is -0.343 e. The Hall–Kier alpha value is -2.99. The third kappa shape index (κ3) is 4.22. The molecule has 1 aliphatic rings. The van der Waals surface area contributed by atoms with Crippen LogP contribution in [0.1, 0.15) is 23.7 Å². The number of nitrogens with zero attached hydrogens (tertiary/aromatic N) is 2. The Kier molecular flexibility index (Phi) is 5.71. The van der Waals surface area contributed by atoms with Gasteiger partial charge >= 0.3 is 0 Å². The Bertz CT molecular complexity index is 971. The van der Waals surface area contributed by atoms with E-state index in [1.54, 1.807) is 11.1 Å². The first-order valence-corrected chi connectivity index (χ1v) is 10.2. The van der Waals surface area contributed by atoms with E-state index in [4.69, 9.17) is 0 Å². The van der Waals surface area contributed by atoms with Crippen LogP contribution in [-0.4, -0.2) is 23.3 Å². The molecule has 1 aliphatic heterocycles. The number of anilines is 1. The summed E-state index contributed by atoms with van der Waals surface area (Å²) in [6.07, 6.45) is 1.90. The Morgan fingerprint density at radius 3 is 2.48 bits per heavy atom. The van der Waals surface area contributed by atoms with Crippen LogP contribution in [0.3, 0.4) is 0 Å². The summed E-state index contributed by atoms with van der Waals surface area (Å²) in [6, 6.07) is 22.6. The maximum absolute atomic E-state index is 13.1. The van der Waals surface area contributed by atoms with Crippen molar-refractivity contribution < 1.29 is 9.59 Å². The number of carbonyl (C=O) groups is 2. The van der Waals surface area contributed by atoms with Crippen molar-refractivity contribution in [3.63, 3.8) is 0 Å². The summed E-state index contributed by atoms with van der Waals surface area (Å²) in [7, 11) is 0. The Morgan fingerprint density at radius 1 is 1.03 bits per heavy atom. The summed E-state index contributed by atoms with van der Waals surface area (Å²) in [5.74, 6) is -0.608. The van der Waals surface area contributed by atoms with Crippen LogP contribution >= 0.6 is 15.9 Å². The quantitative estimate of drug-likeness (QED) is 0.637. The van der Waals surface area contributed by atoms with Crippen molar-refractivity contribution >= 4 is 33.4 Å². The minimum absolute atomic E-state index is 0.0499. The summed E-state index contributed by atoms with van der Waals surface area (Å²) in [6.45, 7) is 0.358. The summed E-state index contributed by atoms with van der Waals surface area (Å²) in [5, 5.41) is 3.11. The lowest BCUT2D eigenvalue weighted by molar-refractivity contribution is -0.126. The maximum Gasteiger partial charge on any atom is 0.227 e. The van der Waals surface area contributed by atoms with Crippen LogP contribution in [0.5, 0.6) is 0 Å². The predicted molar refractivity (Wildman–Crippen MR) is 115 cm³/mol. The highest BCUT2D eigenvalue weighted by molar-refractivity contribution is 9.10. The van der Waals surface area contributed by atoms with Crippen LogP contribution in [0.2, 0.25) is 0 Å². The summed E-state index contributed by atoms with van der Waals surface area (Å²) < 4.78 is 0.838. The van der Waals surface area contributed by atoms with Crippen LogP contribution in [0.15, 0.2) is 83.5 Å². The van der Waals surface area contributed by atoms with Gasteiger partial charge in [0.25, 0.3) is 0 Å². The standard InChI is InChI=1S/C23H20BrN3O2/c24-18-10-4-5-12-20(18)27-15-17(14-21(27)28)23(29)26-22(16-8-2-1-3-9-16)19-11-6-7-13-25-19/h1-13,17,22H,14-15H2,(H,26,29)/t17-,22+/m1/s1. The molecule has 1 fully saturated rings. The van der Waals surface area contributed by atoms with Crippen LogP contribution in [0, 0.1) is 5.92 Å². The molecule has 3 aromatic rings. The van der Waals surface area contributed by atoms with Gasteiger partial charge in [-0.1, -0.05) is 48.5 Å². The van der Waals surface area contributed by atoms with E-state index in [-0.39, 0.29) is 24.3 Å². The molecule has 0 saturated carbocycles. The number of aromatic nitrogens is 1. The molecule has 1 aromatic heterocycles. The lowest BCUT2D eigenvalue weighted by atomic mass is 10.0. The molecule has 146 valence electrons. The maximum atomic E-state index is 13.1. The molecule has 5 nitrogen and oxygen atoms in total. The molecular weight excluding hydrogens is 430 g/mol. The zero-order valence-corrected chi connectivity index (χ0v) is 17.2. The number of pyridine rings is 1. The fraction of sp³-hybridized carbons (Fsp3) is 0.174. The Labute approximate surface area is 177 Å². The van der Waals surface area contributed by atoms with Gasteiger partial charge in [-0.15, -0.1) is 0 Å². The van der Waals surface area contributed by atoms with Crippen LogP contribution < -0.4 is 10.2 Å². The Morgan fingerprint density at radius 2 is 1.76 bits per heavy atom. The summed E-state index contributed by atoms with van der Waals surface area (Å²) in [5.41, 5.74) is 2.50. The average Bonchev–Trinajstić information content (AvgIpc) is 3.15. The molecule has 2 heterocycles. The first kappa shape index (κ1) is 19.3. The molecule has 2 aromatic carbocycles. The lowest BCUT2D eigenvalue weighted by Crippen LogP contribution is -2.36. The Balaban J connectivity index is 1.54. The fourth-order valence-corrected chi connectivity index (χ4v) is 4.07. The second kappa shape index (κ2) is 8.57. The molecule has 1 N–H and O–H groups in total. The molecule has 0 unspecified atom stereocenters. The van der Waals surface area contributed by atoms with Gasteiger partial charge in [-0.05, 0) is 45.8 Å². The van der Waals surface area contributed by atoms with Crippen molar-refractivity contribution in [2.24, 2.45) is 5.92 Å². The van der Waals surface area contributed by atoms with Gasteiger partial charge in [-0.2, -0.15) is 0 Å². The van der Waals surface area contributed by atoms with Crippen molar-refractivity contribution in [2.45, 2.75) is 12.5 Å². The molecule has 2 atom stereocenters. The molecule has 1 saturated heterocycles. The topological polar surface area (TPSA) is 62.3 Å². The van der Waals surface area contributed by atoms with Crippen molar-refractivity contribution in [1.82, 2.24) is 10.3 Å². The molecule has 2 amide bonds. The average molecular weight is 450 g/mol. The predicted octanol–water partition coefficient (Wildman–Crippen LogP) is 4.10. The van der Waals surface area contributed by atoms with Gasteiger partial charge in [-0.3, -0.25) is 14.6 Å². The molecule has 0 radical (unpaired) electrons. The zero-order chi connectivity index (χ0) is 20.2. The lowest BCUT2D eigenvalue weighted by Gasteiger charge is -2.21. The second-order valence-electron chi connectivity index (χ2n) is 6.96. The van der Waals surface area contributed by atoms with Crippen LogP contribution in [0.4, 0.5) is 5.69 Å². The van der Waals surface area contributed by atoms with Gasteiger partial charge in [0.05, 0.1) is 23.3 Å². The normalized spacial score (nSPS) is 17.2. The third-order valence-corrected chi connectivity index (χ3v) is 5.71. The van der Waals surface area contributed by atoms with Gasteiger partial charge in [0.15, 0.2) is 0 Å². The van der Waals surface area contributed by atoms with Crippen LogP contribution in [0.25, 0.3) is 0 Å². The van der Waals surface area contributed by atoms with Crippen LogP contribution in [-0.2, 0) is 9.59 Å². The number of rotatable bonds is 5. The monoisotopic (exact) mass is 449 g/mol. The highest BCUT2D eigenvalue weighted by Crippen LogP contribution is 2.32. The fourth-order valence-electron chi connectivity index (χ4n) is 3.57. The third-order valence-electron chi connectivity index (χ3n) is 5.04. The van der Waals surface area contributed by atoms with Crippen molar-refractivity contribution in [1.29, 1.82) is 0 Å². The zero-order valence-electron chi connectivity index (χ0n) is 15.7. The van der Waals surface area contributed by atoms with E-state index in [1.807, 2.05) is 72.8 Å². The molecule has 4 rings (SSSR count). The summed E-state index contributed by atoms with van der Waals surface area (Å²) >= 11 is 3.49. The van der Waals surface area contributed by atoms with Gasteiger partial charge in [0, 0.05) is 23.6 Å². The van der Waals surface area contributed by atoms with Gasteiger partial charge in [0.1, 0.15) is 0 Å².